The summed E-state index contributed by atoms with van der Waals surface area (Å²) < 4.78 is 0. The summed E-state index contributed by atoms with van der Waals surface area (Å²) in [7, 11) is 0. The van der Waals surface area contributed by atoms with Crippen LogP contribution in [0.4, 0.5) is 10.7 Å². The molecule has 29 heavy (non-hydrogen) atoms. The lowest BCUT2D eigenvalue weighted by Gasteiger charge is -2.49. The van der Waals surface area contributed by atoms with E-state index in [1.165, 1.54) is 21.8 Å². The topological polar surface area (TPSA) is 19.4 Å². The second-order valence-corrected chi connectivity index (χ2v) is 8.21. The SMILES string of the molecule is c1ccc(C2CN(c3cncs3)CC(c3ccccc3)N2c2ccccc2)cc1. The molecule has 0 N–H and O–H groups in total. The van der Waals surface area contributed by atoms with Crippen LogP contribution in [0.15, 0.2) is 103 Å². The molecule has 2 atom stereocenters. The van der Waals surface area contributed by atoms with Crippen molar-refractivity contribution in [3.63, 3.8) is 0 Å². The zero-order valence-electron chi connectivity index (χ0n) is 16.1. The van der Waals surface area contributed by atoms with E-state index in [1.54, 1.807) is 11.3 Å². The lowest BCUT2D eigenvalue weighted by atomic mass is 9.94. The molecular formula is C25H23N3S. The zero-order valence-corrected chi connectivity index (χ0v) is 17.0. The molecule has 0 radical (unpaired) electrons. The highest BCUT2D eigenvalue weighted by Crippen LogP contribution is 2.42. The zero-order chi connectivity index (χ0) is 19.5. The maximum atomic E-state index is 4.33. The lowest BCUT2D eigenvalue weighted by Crippen LogP contribution is -2.50. The number of anilines is 2. The predicted octanol–water partition coefficient (Wildman–Crippen LogP) is 5.95. The fraction of sp³-hybridized carbons (Fsp3) is 0.160. The molecule has 1 aliphatic heterocycles. The van der Waals surface area contributed by atoms with E-state index in [1.807, 2.05) is 11.7 Å². The molecular weight excluding hydrogens is 374 g/mol. The second-order valence-electron chi connectivity index (χ2n) is 7.34. The molecule has 1 aliphatic rings. The van der Waals surface area contributed by atoms with Gasteiger partial charge in [0.2, 0.25) is 0 Å². The van der Waals surface area contributed by atoms with Crippen molar-refractivity contribution in [2.75, 3.05) is 22.9 Å². The maximum absolute atomic E-state index is 4.33. The molecule has 4 aromatic rings. The standard InChI is InChI=1S/C25H23N3S/c1-4-10-20(11-5-1)23-17-27(25-16-26-19-29-25)18-24(21-12-6-2-7-13-21)28(23)22-14-8-3-9-15-22/h1-16,19,23-24H,17-18H2. The van der Waals surface area contributed by atoms with Gasteiger partial charge in [0.15, 0.2) is 0 Å². The monoisotopic (exact) mass is 397 g/mol. The number of aromatic nitrogens is 1. The molecule has 1 saturated heterocycles. The van der Waals surface area contributed by atoms with Gasteiger partial charge in [-0.15, -0.1) is 11.3 Å². The third-order valence-corrected chi connectivity index (χ3v) is 6.44. The average Bonchev–Trinajstić information content (AvgIpc) is 3.35. The molecule has 0 spiro atoms. The maximum Gasteiger partial charge on any atom is 0.111 e. The smallest absolute Gasteiger partial charge is 0.111 e. The van der Waals surface area contributed by atoms with Gasteiger partial charge < -0.3 is 9.80 Å². The van der Waals surface area contributed by atoms with Gasteiger partial charge in [-0.1, -0.05) is 78.9 Å². The van der Waals surface area contributed by atoms with E-state index in [0.717, 1.165) is 13.1 Å². The van der Waals surface area contributed by atoms with E-state index in [0.29, 0.717) is 0 Å². The van der Waals surface area contributed by atoms with Crippen molar-refractivity contribution in [2.24, 2.45) is 0 Å². The Kier molecular flexibility index (Phi) is 5.01. The Bertz CT molecular complexity index is 970. The van der Waals surface area contributed by atoms with Crippen molar-refractivity contribution in [1.82, 2.24) is 4.98 Å². The predicted molar refractivity (Wildman–Crippen MR) is 122 cm³/mol. The molecule has 144 valence electrons. The van der Waals surface area contributed by atoms with E-state index in [9.17, 15) is 0 Å². The van der Waals surface area contributed by atoms with Crippen molar-refractivity contribution in [2.45, 2.75) is 12.1 Å². The summed E-state index contributed by atoms with van der Waals surface area (Å²) in [6.07, 6.45) is 1.99. The summed E-state index contributed by atoms with van der Waals surface area (Å²) in [6.45, 7) is 1.87. The molecule has 2 unspecified atom stereocenters. The quantitative estimate of drug-likeness (QED) is 0.424. The van der Waals surface area contributed by atoms with Crippen LogP contribution in [0.5, 0.6) is 0 Å². The molecule has 1 fully saturated rings. The molecule has 0 saturated carbocycles. The molecule has 3 aromatic carbocycles. The molecule has 1 aromatic heterocycles. The minimum Gasteiger partial charge on any atom is -0.357 e. The molecule has 2 heterocycles. The first-order valence-electron chi connectivity index (χ1n) is 9.97. The van der Waals surface area contributed by atoms with Gasteiger partial charge in [0.1, 0.15) is 5.00 Å². The average molecular weight is 398 g/mol. The van der Waals surface area contributed by atoms with Gasteiger partial charge in [-0.05, 0) is 23.3 Å². The Morgan fingerprint density at radius 1 is 0.690 bits per heavy atom. The van der Waals surface area contributed by atoms with E-state index < -0.39 is 0 Å². The fourth-order valence-electron chi connectivity index (χ4n) is 4.27. The normalized spacial score (nSPS) is 19.3. The van der Waals surface area contributed by atoms with Gasteiger partial charge in [-0.25, -0.2) is 0 Å². The number of rotatable bonds is 4. The summed E-state index contributed by atoms with van der Waals surface area (Å²) in [6, 6.07) is 33.1. The Labute approximate surface area is 175 Å². The van der Waals surface area contributed by atoms with Gasteiger partial charge in [-0.2, -0.15) is 0 Å². The summed E-state index contributed by atoms with van der Waals surface area (Å²) >= 11 is 1.72. The first-order chi connectivity index (χ1) is 14.4. The number of para-hydroxylation sites is 1. The third kappa shape index (κ3) is 3.64. The second kappa shape index (κ2) is 8.10. The van der Waals surface area contributed by atoms with E-state index >= 15 is 0 Å². The minimum absolute atomic E-state index is 0.250. The molecule has 4 heteroatoms. The van der Waals surface area contributed by atoms with Crippen molar-refractivity contribution in [3.05, 3.63) is 114 Å². The van der Waals surface area contributed by atoms with Crippen LogP contribution in [0.25, 0.3) is 0 Å². The van der Waals surface area contributed by atoms with Crippen LogP contribution in [-0.2, 0) is 0 Å². The molecule has 0 aliphatic carbocycles. The van der Waals surface area contributed by atoms with Gasteiger partial charge in [-0.3, -0.25) is 4.98 Å². The number of hydrogen-bond donors (Lipinski definition) is 0. The van der Waals surface area contributed by atoms with Gasteiger partial charge in [0, 0.05) is 18.8 Å². The first-order valence-corrected chi connectivity index (χ1v) is 10.8. The largest absolute Gasteiger partial charge is 0.357 e. The summed E-state index contributed by atoms with van der Waals surface area (Å²) in [5.74, 6) is 0. The Morgan fingerprint density at radius 2 is 1.21 bits per heavy atom. The van der Waals surface area contributed by atoms with E-state index in [2.05, 4.69) is 106 Å². The van der Waals surface area contributed by atoms with Crippen LogP contribution in [0.3, 0.4) is 0 Å². The summed E-state index contributed by atoms with van der Waals surface area (Å²) in [4.78, 5) is 9.43. The number of nitrogens with zero attached hydrogens (tertiary/aromatic N) is 3. The van der Waals surface area contributed by atoms with Gasteiger partial charge in [0.05, 0.1) is 23.8 Å². The number of benzene rings is 3. The van der Waals surface area contributed by atoms with Crippen molar-refractivity contribution >= 4 is 22.0 Å². The van der Waals surface area contributed by atoms with Gasteiger partial charge in [0.25, 0.3) is 0 Å². The lowest BCUT2D eigenvalue weighted by molar-refractivity contribution is 0.456. The Hall–Kier alpha value is -3.11. The van der Waals surface area contributed by atoms with E-state index in [-0.39, 0.29) is 12.1 Å². The summed E-state index contributed by atoms with van der Waals surface area (Å²) in [5, 5.41) is 1.24. The third-order valence-electron chi connectivity index (χ3n) is 5.61. The Balaban J connectivity index is 1.64. The molecule has 3 nitrogen and oxygen atoms in total. The minimum atomic E-state index is 0.250. The van der Waals surface area contributed by atoms with Crippen molar-refractivity contribution < 1.29 is 0 Å². The van der Waals surface area contributed by atoms with Crippen LogP contribution < -0.4 is 9.80 Å². The van der Waals surface area contributed by atoms with Crippen molar-refractivity contribution in [1.29, 1.82) is 0 Å². The van der Waals surface area contributed by atoms with Crippen LogP contribution in [0.2, 0.25) is 0 Å². The van der Waals surface area contributed by atoms with Crippen LogP contribution in [-0.4, -0.2) is 18.1 Å². The first kappa shape index (κ1) is 18.0. The number of thiazole rings is 1. The summed E-state index contributed by atoms with van der Waals surface area (Å²) in [5.41, 5.74) is 5.87. The Morgan fingerprint density at radius 3 is 1.69 bits per heavy atom. The highest BCUT2D eigenvalue weighted by molar-refractivity contribution is 7.13. The molecule has 0 amide bonds. The van der Waals surface area contributed by atoms with E-state index in [4.69, 9.17) is 0 Å². The van der Waals surface area contributed by atoms with Gasteiger partial charge >= 0.3 is 0 Å². The van der Waals surface area contributed by atoms with Crippen molar-refractivity contribution in [3.8, 4) is 0 Å². The fourth-order valence-corrected chi connectivity index (χ4v) is 4.92. The van der Waals surface area contributed by atoms with Crippen LogP contribution in [0.1, 0.15) is 23.2 Å². The van der Waals surface area contributed by atoms with Crippen LogP contribution in [0, 0.1) is 0 Å². The molecule has 0 bridgehead atoms. The highest BCUT2D eigenvalue weighted by atomic mass is 32.1. The number of piperazine rings is 1. The van der Waals surface area contributed by atoms with Crippen LogP contribution >= 0.6 is 11.3 Å². The highest BCUT2D eigenvalue weighted by Gasteiger charge is 2.36. The molecule has 5 rings (SSSR count). The number of hydrogen-bond acceptors (Lipinski definition) is 4.